The number of rotatable bonds is 3. The van der Waals surface area contributed by atoms with Gasteiger partial charge in [0.2, 0.25) is 0 Å². The maximum Gasteiger partial charge on any atom is 0.310 e. The minimum absolute atomic E-state index is 0.111. The normalized spacial score (nSPS) is 9.69. The first-order valence-electron chi connectivity index (χ1n) is 3.64. The van der Waals surface area contributed by atoms with Crippen molar-refractivity contribution in [3.8, 4) is 0 Å². The summed E-state index contributed by atoms with van der Waals surface area (Å²) in [7, 11) is 1.32. The molecule has 0 radical (unpaired) electrons. The number of hydrogen-bond acceptors (Lipinski definition) is 3. The molecule has 0 spiro atoms. The topological polar surface area (TPSA) is 39.4 Å². The molecular formula is C9H9ClO3. The standard InChI is InChI=1S/C9H9ClO3/c1-6(5-9(11)12-2)7-3-4-8(10)13-7/h3-4H,1,5H2,2H3. The highest BCUT2D eigenvalue weighted by Crippen LogP contribution is 2.21. The average Bonchev–Trinajstić information content (AvgIpc) is 2.51. The van der Waals surface area contributed by atoms with Crippen molar-refractivity contribution in [3.63, 3.8) is 0 Å². The molecule has 0 aromatic carbocycles. The number of carbonyl (C=O) groups is 1. The van der Waals surface area contributed by atoms with Crippen molar-refractivity contribution in [1.29, 1.82) is 0 Å². The summed E-state index contributed by atoms with van der Waals surface area (Å²) in [6.45, 7) is 3.67. The average molecular weight is 201 g/mol. The fourth-order valence-electron chi connectivity index (χ4n) is 0.838. The Morgan fingerprint density at radius 1 is 1.69 bits per heavy atom. The fraction of sp³-hybridized carbons (Fsp3) is 0.222. The lowest BCUT2D eigenvalue weighted by Crippen LogP contribution is -2.00. The van der Waals surface area contributed by atoms with Gasteiger partial charge < -0.3 is 9.15 Å². The lowest BCUT2D eigenvalue weighted by atomic mass is 10.2. The van der Waals surface area contributed by atoms with E-state index in [4.69, 9.17) is 16.0 Å². The molecule has 0 fully saturated rings. The predicted octanol–water partition coefficient (Wildman–Crippen LogP) is 2.51. The van der Waals surface area contributed by atoms with E-state index >= 15 is 0 Å². The van der Waals surface area contributed by atoms with Crippen LogP contribution in [0.1, 0.15) is 12.2 Å². The largest absolute Gasteiger partial charge is 0.469 e. The van der Waals surface area contributed by atoms with Crippen LogP contribution in [-0.2, 0) is 9.53 Å². The summed E-state index contributed by atoms with van der Waals surface area (Å²) in [6, 6.07) is 3.26. The van der Waals surface area contributed by atoms with Crippen LogP contribution in [0, 0.1) is 0 Å². The smallest absolute Gasteiger partial charge is 0.310 e. The summed E-state index contributed by atoms with van der Waals surface area (Å²) in [6.07, 6.45) is 0.111. The quantitative estimate of drug-likeness (QED) is 0.704. The van der Waals surface area contributed by atoms with Crippen LogP contribution in [-0.4, -0.2) is 13.1 Å². The van der Waals surface area contributed by atoms with Crippen molar-refractivity contribution in [1.82, 2.24) is 0 Å². The van der Waals surface area contributed by atoms with Crippen LogP contribution in [0.3, 0.4) is 0 Å². The minimum Gasteiger partial charge on any atom is -0.469 e. The molecule has 0 atom stereocenters. The van der Waals surface area contributed by atoms with E-state index in [0.29, 0.717) is 11.3 Å². The van der Waals surface area contributed by atoms with Gasteiger partial charge >= 0.3 is 5.97 Å². The monoisotopic (exact) mass is 200 g/mol. The van der Waals surface area contributed by atoms with Gasteiger partial charge in [0.15, 0.2) is 5.22 Å². The lowest BCUT2D eigenvalue weighted by Gasteiger charge is -1.99. The molecule has 4 heteroatoms. The van der Waals surface area contributed by atoms with Gasteiger partial charge in [0.25, 0.3) is 0 Å². The van der Waals surface area contributed by atoms with Crippen molar-refractivity contribution >= 4 is 23.1 Å². The third-order valence-corrected chi connectivity index (χ3v) is 1.71. The highest BCUT2D eigenvalue weighted by Gasteiger charge is 2.09. The molecule has 13 heavy (non-hydrogen) atoms. The maximum absolute atomic E-state index is 10.8. The van der Waals surface area contributed by atoms with E-state index in [2.05, 4.69) is 11.3 Å². The van der Waals surface area contributed by atoms with E-state index in [1.54, 1.807) is 12.1 Å². The molecular weight excluding hydrogens is 192 g/mol. The lowest BCUT2D eigenvalue weighted by molar-refractivity contribution is -0.139. The molecule has 1 aromatic rings. The van der Waals surface area contributed by atoms with Gasteiger partial charge in [0.05, 0.1) is 13.5 Å². The van der Waals surface area contributed by atoms with Crippen molar-refractivity contribution in [2.75, 3.05) is 7.11 Å². The zero-order valence-corrected chi connectivity index (χ0v) is 7.93. The van der Waals surface area contributed by atoms with Gasteiger partial charge in [-0.15, -0.1) is 0 Å². The Labute approximate surface area is 80.9 Å². The first-order chi connectivity index (χ1) is 6.13. The molecule has 0 saturated carbocycles. The summed E-state index contributed by atoms with van der Waals surface area (Å²) in [5.41, 5.74) is 0.554. The summed E-state index contributed by atoms with van der Waals surface area (Å²) in [4.78, 5) is 10.8. The SMILES string of the molecule is C=C(CC(=O)OC)c1ccc(Cl)o1. The Morgan fingerprint density at radius 3 is 2.85 bits per heavy atom. The number of furan rings is 1. The van der Waals surface area contributed by atoms with E-state index in [9.17, 15) is 4.79 Å². The summed E-state index contributed by atoms with van der Waals surface area (Å²) in [5, 5.41) is 0.279. The van der Waals surface area contributed by atoms with Gasteiger partial charge in [0, 0.05) is 0 Å². The van der Waals surface area contributed by atoms with Gasteiger partial charge in [-0.1, -0.05) is 6.58 Å². The second-order valence-electron chi connectivity index (χ2n) is 2.46. The summed E-state index contributed by atoms with van der Waals surface area (Å²) in [5.74, 6) is 0.160. The molecule has 0 unspecified atom stereocenters. The van der Waals surface area contributed by atoms with E-state index < -0.39 is 0 Å². The third-order valence-electron chi connectivity index (χ3n) is 1.51. The van der Waals surface area contributed by atoms with Crippen LogP contribution in [0.15, 0.2) is 23.1 Å². The Hall–Kier alpha value is -1.22. The van der Waals surface area contributed by atoms with Crippen LogP contribution in [0.25, 0.3) is 5.57 Å². The number of halogens is 1. The molecule has 1 heterocycles. The van der Waals surface area contributed by atoms with E-state index in [1.165, 1.54) is 7.11 Å². The molecule has 1 aromatic heterocycles. The molecule has 0 saturated heterocycles. The highest BCUT2D eigenvalue weighted by atomic mass is 35.5. The second kappa shape index (κ2) is 4.14. The molecule has 0 N–H and O–H groups in total. The Bertz CT molecular complexity index is 327. The van der Waals surface area contributed by atoms with Crippen LogP contribution in [0.5, 0.6) is 0 Å². The van der Waals surface area contributed by atoms with Crippen LogP contribution in [0.2, 0.25) is 5.22 Å². The van der Waals surface area contributed by atoms with Crippen LogP contribution < -0.4 is 0 Å². The first kappa shape index (κ1) is 9.86. The predicted molar refractivity (Wildman–Crippen MR) is 49.4 cm³/mol. The molecule has 0 amide bonds. The van der Waals surface area contributed by atoms with Gasteiger partial charge in [-0.25, -0.2) is 0 Å². The Morgan fingerprint density at radius 2 is 2.38 bits per heavy atom. The van der Waals surface area contributed by atoms with Crippen molar-refractivity contribution < 1.29 is 13.9 Å². The number of esters is 1. The Kier molecular flexibility index (Phi) is 3.14. The zero-order chi connectivity index (χ0) is 9.84. The van der Waals surface area contributed by atoms with Gasteiger partial charge in [-0.3, -0.25) is 4.79 Å². The maximum atomic E-state index is 10.8. The van der Waals surface area contributed by atoms with E-state index in [1.807, 2.05) is 0 Å². The molecule has 0 bridgehead atoms. The molecule has 3 nitrogen and oxygen atoms in total. The number of ether oxygens (including phenoxy) is 1. The molecule has 0 aliphatic heterocycles. The zero-order valence-electron chi connectivity index (χ0n) is 7.17. The fourth-order valence-corrected chi connectivity index (χ4v) is 0.984. The number of carbonyl (C=O) groups excluding carboxylic acids is 1. The van der Waals surface area contributed by atoms with Crippen molar-refractivity contribution in [2.24, 2.45) is 0 Å². The van der Waals surface area contributed by atoms with Gasteiger partial charge in [-0.2, -0.15) is 0 Å². The minimum atomic E-state index is -0.350. The molecule has 0 aliphatic rings. The number of methoxy groups -OCH3 is 1. The van der Waals surface area contributed by atoms with Crippen molar-refractivity contribution in [3.05, 3.63) is 29.7 Å². The molecule has 70 valence electrons. The van der Waals surface area contributed by atoms with Crippen molar-refractivity contribution in [2.45, 2.75) is 6.42 Å². The molecule has 0 aliphatic carbocycles. The van der Waals surface area contributed by atoms with E-state index in [-0.39, 0.29) is 17.6 Å². The van der Waals surface area contributed by atoms with E-state index in [0.717, 1.165) is 0 Å². The first-order valence-corrected chi connectivity index (χ1v) is 4.01. The highest BCUT2D eigenvalue weighted by molar-refractivity contribution is 6.28. The third kappa shape index (κ3) is 2.63. The van der Waals surface area contributed by atoms with Gasteiger partial charge in [0.1, 0.15) is 5.76 Å². The van der Waals surface area contributed by atoms with Gasteiger partial charge in [-0.05, 0) is 29.3 Å². The Balaban J connectivity index is 2.64. The molecule has 1 rings (SSSR count). The van der Waals surface area contributed by atoms with Crippen LogP contribution >= 0.6 is 11.6 Å². The van der Waals surface area contributed by atoms with Crippen LogP contribution in [0.4, 0.5) is 0 Å². The summed E-state index contributed by atoms with van der Waals surface area (Å²) < 4.78 is 9.52. The summed E-state index contributed by atoms with van der Waals surface area (Å²) >= 11 is 5.55. The second-order valence-corrected chi connectivity index (χ2v) is 2.83. The number of hydrogen-bond donors (Lipinski definition) is 0.